The molecule has 2 fully saturated rings. The third-order valence-electron chi connectivity index (χ3n) is 5.76. The van der Waals surface area contributed by atoms with Crippen molar-refractivity contribution >= 4 is 5.69 Å². The average molecular weight is 316 g/mol. The van der Waals surface area contributed by atoms with Gasteiger partial charge in [-0.2, -0.15) is 0 Å². The quantitative estimate of drug-likeness (QED) is 0.837. The summed E-state index contributed by atoms with van der Waals surface area (Å²) in [6.45, 7) is 11.2. The molecular formula is C20H32N2O. The highest BCUT2D eigenvalue weighted by Gasteiger charge is 2.41. The largest absolute Gasteiger partial charge is 0.375 e. The average Bonchev–Trinajstić information content (AvgIpc) is 2.57. The minimum atomic E-state index is 0.122. The van der Waals surface area contributed by atoms with Crippen molar-refractivity contribution in [2.24, 2.45) is 0 Å². The first-order valence-corrected chi connectivity index (χ1v) is 9.33. The van der Waals surface area contributed by atoms with Crippen LogP contribution in [-0.2, 0) is 4.74 Å². The molecule has 0 aromatic heterocycles. The van der Waals surface area contributed by atoms with Crippen LogP contribution >= 0.6 is 0 Å². The van der Waals surface area contributed by atoms with Crippen LogP contribution in [-0.4, -0.2) is 48.8 Å². The summed E-state index contributed by atoms with van der Waals surface area (Å²) in [4.78, 5) is 5.17. The maximum Gasteiger partial charge on any atom is 0.0731 e. The Morgan fingerprint density at radius 2 is 1.91 bits per heavy atom. The van der Waals surface area contributed by atoms with E-state index in [0.29, 0.717) is 12.1 Å². The van der Waals surface area contributed by atoms with Crippen LogP contribution in [0, 0.1) is 0 Å². The first-order valence-electron chi connectivity index (χ1n) is 9.33. The Hall–Kier alpha value is -1.06. The normalized spacial score (nSPS) is 24.6. The van der Waals surface area contributed by atoms with Crippen LogP contribution in [0.5, 0.6) is 0 Å². The molecule has 128 valence electrons. The summed E-state index contributed by atoms with van der Waals surface area (Å²) in [6.07, 6.45) is 4.72. The number of benzene rings is 1. The fraction of sp³-hybridized carbons (Fsp3) is 0.700. The van der Waals surface area contributed by atoms with Gasteiger partial charge < -0.3 is 9.64 Å². The number of anilines is 1. The molecule has 2 aliphatic rings. The molecule has 1 unspecified atom stereocenters. The molecule has 1 spiro atoms. The third kappa shape index (κ3) is 3.72. The Morgan fingerprint density at radius 1 is 1.22 bits per heavy atom. The van der Waals surface area contributed by atoms with Crippen molar-refractivity contribution in [1.82, 2.24) is 4.90 Å². The number of hydrogen-bond acceptors (Lipinski definition) is 3. The number of ether oxygens (including phenoxy) is 1. The Labute approximate surface area is 141 Å². The fourth-order valence-electron chi connectivity index (χ4n) is 4.49. The van der Waals surface area contributed by atoms with Gasteiger partial charge in [-0.15, -0.1) is 0 Å². The first-order chi connectivity index (χ1) is 11.1. The van der Waals surface area contributed by atoms with Crippen molar-refractivity contribution < 1.29 is 4.74 Å². The van der Waals surface area contributed by atoms with Gasteiger partial charge in [-0.05, 0) is 58.2 Å². The van der Waals surface area contributed by atoms with E-state index in [1.54, 1.807) is 0 Å². The van der Waals surface area contributed by atoms with Crippen LogP contribution in [0.2, 0.25) is 0 Å². The molecule has 3 nitrogen and oxygen atoms in total. The summed E-state index contributed by atoms with van der Waals surface area (Å²) in [5.74, 6) is 0. The van der Waals surface area contributed by atoms with Gasteiger partial charge in [0.25, 0.3) is 0 Å². The van der Waals surface area contributed by atoms with E-state index in [-0.39, 0.29) is 5.60 Å². The van der Waals surface area contributed by atoms with Crippen molar-refractivity contribution in [3.63, 3.8) is 0 Å². The van der Waals surface area contributed by atoms with E-state index in [0.717, 1.165) is 39.1 Å². The Morgan fingerprint density at radius 3 is 2.52 bits per heavy atom. The van der Waals surface area contributed by atoms with E-state index in [4.69, 9.17) is 4.74 Å². The molecular weight excluding hydrogens is 284 g/mol. The topological polar surface area (TPSA) is 15.7 Å². The van der Waals surface area contributed by atoms with E-state index < -0.39 is 0 Å². The highest BCUT2D eigenvalue weighted by Crippen LogP contribution is 2.38. The second-order valence-corrected chi connectivity index (χ2v) is 7.42. The minimum absolute atomic E-state index is 0.122. The van der Waals surface area contributed by atoms with Gasteiger partial charge in [-0.1, -0.05) is 25.1 Å². The monoisotopic (exact) mass is 316 g/mol. The lowest BCUT2D eigenvalue weighted by molar-refractivity contribution is -0.120. The molecule has 0 amide bonds. The van der Waals surface area contributed by atoms with Crippen molar-refractivity contribution in [3.05, 3.63) is 30.3 Å². The van der Waals surface area contributed by atoms with E-state index in [2.05, 4.69) is 60.9 Å². The zero-order valence-electron chi connectivity index (χ0n) is 15.0. The lowest BCUT2D eigenvalue weighted by atomic mass is 9.81. The molecule has 1 aromatic carbocycles. The summed E-state index contributed by atoms with van der Waals surface area (Å²) < 4.78 is 6.34. The van der Waals surface area contributed by atoms with Gasteiger partial charge in [0.2, 0.25) is 0 Å². The number of para-hydroxylation sites is 1. The second kappa shape index (κ2) is 7.23. The summed E-state index contributed by atoms with van der Waals surface area (Å²) in [5.41, 5.74) is 1.48. The number of hydrogen-bond donors (Lipinski definition) is 0. The van der Waals surface area contributed by atoms with Gasteiger partial charge in [0.15, 0.2) is 0 Å². The SMILES string of the molecule is CCN(C(C)C)C1CCOC2(CCN(c3ccccc3)CC2)C1. The molecule has 0 aliphatic carbocycles. The van der Waals surface area contributed by atoms with Gasteiger partial charge in [-0.25, -0.2) is 0 Å². The standard InChI is InChI=1S/C20H32N2O/c1-4-22(17(2)3)19-10-15-23-20(16-19)11-13-21(14-12-20)18-8-6-5-7-9-18/h5-9,17,19H,4,10-16H2,1-3H3. The molecule has 0 N–H and O–H groups in total. The van der Waals surface area contributed by atoms with E-state index in [9.17, 15) is 0 Å². The molecule has 1 atom stereocenters. The van der Waals surface area contributed by atoms with Crippen molar-refractivity contribution in [1.29, 1.82) is 0 Å². The minimum Gasteiger partial charge on any atom is -0.375 e. The third-order valence-corrected chi connectivity index (χ3v) is 5.76. The molecule has 0 radical (unpaired) electrons. The lowest BCUT2D eigenvalue weighted by Crippen LogP contribution is -2.54. The van der Waals surface area contributed by atoms with Crippen LogP contribution in [0.25, 0.3) is 0 Å². The molecule has 0 saturated carbocycles. The van der Waals surface area contributed by atoms with Crippen LogP contribution < -0.4 is 4.90 Å². The molecule has 0 bridgehead atoms. The van der Waals surface area contributed by atoms with E-state index in [1.807, 2.05) is 0 Å². The first kappa shape index (κ1) is 16.8. The summed E-state index contributed by atoms with van der Waals surface area (Å²) in [5, 5.41) is 0. The predicted molar refractivity (Wildman–Crippen MR) is 97.1 cm³/mol. The maximum atomic E-state index is 6.34. The summed E-state index contributed by atoms with van der Waals surface area (Å²) >= 11 is 0. The molecule has 2 saturated heterocycles. The molecule has 3 rings (SSSR count). The Kier molecular flexibility index (Phi) is 5.27. The molecule has 2 aliphatic heterocycles. The van der Waals surface area contributed by atoms with Crippen LogP contribution in [0.1, 0.15) is 46.5 Å². The molecule has 23 heavy (non-hydrogen) atoms. The lowest BCUT2D eigenvalue weighted by Gasteiger charge is -2.49. The number of rotatable bonds is 4. The van der Waals surface area contributed by atoms with Gasteiger partial charge in [0, 0.05) is 37.5 Å². The summed E-state index contributed by atoms with van der Waals surface area (Å²) in [7, 11) is 0. The van der Waals surface area contributed by atoms with Crippen molar-refractivity contribution in [3.8, 4) is 0 Å². The Bertz CT molecular complexity index is 480. The molecule has 3 heteroatoms. The molecule has 2 heterocycles. The predicted octanol–water partition coefficient (Wildman–Crippen LogP) is 3.93. The smallest absolute Gasteiger partial charge is 0.0731 e. The fourth-order valence-corrected chi connectivity index (χ4v) is 4.49. The van der Waals surface area contributed by atoms with Crippen molar-refractivity contribution in [2.45, 2.75) is 64.1 Å². The highest BCUT2D eigenvalue weighted by molar-refractivity contribution is 5.46. The highest BCUT2D eigenvalue weighted by atomic mass is 16.5. The van der Waals surface area contributed by atoms with Crippen LogP contribution in [0.15, 0.2) is 30.3 Å². The van der Waals surface area contributed by atoms with Crippen LogP contribution in [0.3, 0.4) is 0 Å². The van der Waals surface area contributed by atoms with Gasteiger partial charge >= 0.3 is 0 Å². The van der Waals surface area contributed by atoms with Gasteiger partial charge in [0.1, 0.15) is 0 Å². The summed E-state index contributed by atoms with van der Waals surface area (Å²) in [6, 6.07) is 12.1. The Balaban J connectivity index is 1.63. The zero-order chi connectivity index (χ0) is 16.3. The van der Waals surface area contributed by atoms with Gasteiger partial charge in [-0.3, -0.25) is 4.90 Å². The number of piperidine rings is 1. The zero-order valence-corrected chi connectivity index (χ0v) is 15.0. The van der Waals surface area contributed by atoms with E-state index >= 15 is 0 Å². The van der Waals surface area contributed by atoms with Crippen LogP contribution in [0.4, 0.5) is 5.69 Å². The second-order valence-electron chi connectivity index (χ2n) is 7.42. The number of nitrogens with zero attached hydrogens (tertiary/aromatic N) is 2. The maximum absolute atomic E-state index is 6.34. The van der Waals surface area contributed by atoms with Crippen molar-refractivity contribution in [2.75, 3.05) is 31.1 Å². The van der Waals surface area contributed by atoms with E-state index in [1.165, 1.54) is 18.5 Å². The van der Waals surface area contributed by atoms with Gasteiger partial charge in [0.05, 0.1) is 5.60 Å². The molecule has 1 aromatic rings.